The lowest BCUT2D eigenvalue weighted by Gasteiger charge is -2.22. The third-order valence-electron chi connectivity index (χ3n) is 2.52. The fraction of sp³-hybridized carbons (Fsp3) is 0.545. The molecule has 0 radical (unpaired) electrons. The SMILES string of the molecule is C#CCC(NC(=O)N1CCNC(=O)CC1)C(=O)O. The number of amides is 3. The van der Waals surface area contributed by atoms with E-state index in [1.54, 1.807) is 0 Å². The smallest absolute Gasteiger partial charge is 0.327 e. The lowest BCUT2D eigenvalue weighted by Crippen LogP contribution is -2.48. The Kier molecular flexibility index (Phi) is 4.99. The van der Waals surface area contributed by atoms with Crippen molar-refractivity contribution in [3.05, 3.63) is 0 Å². The zero-order valence-electron chi connectivity index (χ0n) is 9.81. The van der Waals surface area contributed by atoms with Crippen LogP contribution in [0.1, 0.15) is 12.8 Å². The highest BCUT2D eigenvalue weighted by atomic mass is 16.4. The lowest BCUT2D eigenvalue weighted by molar-refractivity contribution is -0.139. The topological polar surface area (TPSA) is 98.7 Å². The summed E-state index contributed by atoms with van der Waals surface area (Å²) in [7, 11) is 0. The molecule has 3 N–H and O–H groups in total. The molecular weight excluding hydrogens is 238 g/mol. The number of carbonyl (C=O) groups is 3. The number of rotatable bonds is 3. The van der Waals surface area contributed by atoms with Gasteiger partial charge in [-0.3, -0.25) is 4.79 Å². The standard InChI is InChI=1S/C11H15N3O4/c1-2-3-8(10(16)17)13-11(18)14-6-4-9(15)12-5-7-14/h1,8H,3-7H2,(H,12,15)(H,13,18)(H,16,17). The van der Waals surface area contributed by atoms with Gasteiger partial charge in [-0.05, 0) is 0 Å². The second kappa shape index (κ2) is 6.49. The number of nitrogens with one attached hydrogen (secondary N) is 2. The minimum absolute atomic E-state index is 0.0773. The average Bonchev–Trinajstić information content (AvgIpc) is 2.53. The molecule has 0 saturated carbocycles. The van der Waals surface area contributed by atoms with Gasteiger partial charge in [0.1, 0.15) is 6.04 Å². The maximum atomic E-state index is 11.8. The van der Waals surface area contributed by atoms with E-state index < -0.39 is 18.0 Å². The highest BCUT2D eigenvalue weighted by Crippen LogP contribution is 1.99. The molecule has 18 heavy (non-hydrogen) atoms. The van der Waals surface area contributed by atoms with Gasteiger partial charge in [0.05, 0.1) is 0 Å². The molecule has 1 aliphatic rings. The summed E-state index contributed by atoms with van der Waals surface area (Å²) in [6.07, 6.45) is 5.16. The Bertz CT molecular complexity index is 388. The summed E-state index contributed by atoms with van der Waals surface area (Å²) in [6.45, 7) is 0.971. The normalized spacial score (nSPS) is 17.1. The molecule has 1 atom stereocenters. The van der Waals surface area contributed by atoms with Crippen LogP contribution in [0.4, 0.5) is 4.79 Å². The highest BCUT2D eigenvalue weighted by Gasteiger charge is 2.23. The molecule has 1 fully saturated rings. The molecular formula is C11H15N3O4. The van der Waals surface area contributed by atoms with Gasteiger partial charge in [-0.2, -0.15) is 0 Å². The third-order valence-corrected chi connectivity index (χ3v) is 2.52. The molecule has 0 aliphatic carbocycles. The first-order chi connectivity index (χ1) is 8.54. The van der Waals surface area contributed by atoms with E-state index in [-0.39, 0.29) is 25.3 Å². The van der Waals surface area contributed by atoms with Crippen molar-refractivity contribution in [2.75, 3.05) is 19.6 Å². The molecule has 98 valence electrons. The molecule has 0 spiro atoms. The first kappa shape index (κ1) is 13.8. The van der Waals surface area contributed by atoms with Crippen molar-refractivity contribution in [1.82, 2.24) is 15.5 Å². The van der Waals surface area contributed by atoms with Crippen molar-refractivity contribution in [3.63, 3.8) is 0 Å². The molecule has 1 unspecified atom stereocenters. The average molecular weight is 253 g/mol. The van der Waals surface area contributed by atoms with E-state index in [2.05, 4.69) is 16.6 Å². The highest BCUT2D eigenvalue weighted by molar-refractivity contribution is 5.83. The Morgan fingerprint density at radius 1 is 1.56 bits per heavy atom. The molecule has 0 aromatic carbocycles. The lowest BCUT2D eigenvalue weighted by atomic mass is 10.2. The minimum atomic E-state index is -1.18. The summed E-state index contributed by atoms with van der Waals surface area (Å²) in [6, 6.07) is -1.62. The fourth-order valence-corrected chi connectivity index (χ4v) is 1.53. The monoisotopic (exact) mass is 253 g/mol. The van der Waals surface area contributed by atoms with Crippen LogP contribution in [-0.2, 0) is 9.59 Å². The van der Waals surface area contributed by atoms with Gasteiger partial charge in [-0.1, -0.05) is 0 Å². The second-order valence-corrected chi connectivity index (χ2v) is 3.84. The van der Waals surface area contributed by atoms with Crippen molar-refractivity contribution >= 4 is 17.9 Å². The summed E-state index contributed by atoms with van der Waals surface area (Å²) in [4.78, 5) is 35.1. The molecule has 1 aliphatic heterocycles. The molecule has 7 heteroatoms. The quantitative estimate of drug-likeness (QED) is 0.561. The number of aliphatic carboxylic acids is 1. The van der Waals surface area contributed by atoms with Gasteiger partial charge < -0.3 is 20.6 Å². The largest absolute Gasteiger partial charge is 0.480 e. The number of terminal acetylenes is 1. The summed E-state index contributed by atoms with van der Waals surface area (Å²) in [5.41, 5.74) is 0. The van der Waals surface area contributed by atoms with Crippen LogP contribution in [0, 0.1) is 12.3 Å². The maximum absolute atomic E-state index is 11.8. The van der Waals surface area contributed by atoms with Gasteiger partial charge in [-0.15, -0.1) is 12.3 Å². The van der Waals surface area contributed by atoms with Crippen LogP contribution in [0.25, 0.3) is 0 Å². The number of urea groups is 1. The summed E-state index contributed by atoms with van der Waals surface area (Å²) in [5.74, 6) is 0.899. The molecule has 0 bridgehead atoms. The van der Waals surface area contributed by atoms with Gasteiger partial charge in [0, 0.05) is 32.5 Å². The Hall–Kier alpha value is -2.23. The molecule has 0 aromatic rings. The van der Waals surface area contributed by atoms with E-state index in [1.165, 1.54) is 4.90 Å². The van der Waals surface area contributed by atoms with Crippen LogP contribution in [0.3, 0.4) is 0 Å². The predicted octanol–water partition coefficient (Wildman–Crippen LogP) is -1.01. The number of hydrogen-bond acceptors (Lipinski definition) is 3. The maximum Gasteiger partial charge on any atom is 0.327 e. The van der Waals surface area contributed by atoms with Crippen LogP contribution in [0.2, 0.25) is 0 Å². The number of hydrogen-bond donors (Lipinski definition) is 3. The Labute approximate surface area is 105 Å². The Morgan fingerprint density at radius 2 is 2.28 bits per heavy atom. The van der Waals surface area contributed by atoms with Crippen molar-refractivity contribution in [2.45, 2.75) is 18.9 Å². The number of carbonyl (C=O) groups excluding carboxylic acids is 2. The first-order valence-corrected chi connectivity index (χ1v) is 5.53. The minimum Gasteiger partial charge on any atom is -0.480 e. The summed E-state index contributed by atoms with van der Waals surface area (Å²) in [5, 5.41) is 13.8. The molecule has 1 rings (SSSR count). The molecule has 3 amide bonds. The first-order valence-electron chi connectivity index (χ1n) is 5.53. The van der Waals surface area contributed by atoms with Gasteiger partial charge >= 0.3 is 12.0 Å². The van der Waals surface area contributed by atoms with Crippen LogP contribution >= 0.6 is 0 Å². The predicted molar refractivity (Wildman–Crippen MR) is 62.6 cm³/mol. The van der Waals surface area contributed by atoms with Crippen LogP contribution < -0.4 is 10.6 Å². The number of carboxylic acid groups (broad SMARTS) is 1. The zero-order valence-corrected chi connectivity index (χ0v) is 9.81. The van der Waals surface area contributed by atoms with E-state index in [9.17, 15) is 14.4 Å². The van der Waals surface area contributed by atoms with Crippen LogP contribution in [-0.4, -0.2) is 53.6 Å². The van der Waals surface area contributed by atoms with Crippen molar-refractivity contribution in [1.29, 1.82) is 0 Å². The molecule has 1 saturated heterocycles. The van der Waals surface area contributed by atoms with E-state index in [1.807, 2.05) is 0 Å². The van der Waals surface area contributed by atoms with Gasteiger partial charge in [0.25, 0.3) is 0 Å². The third kappa shape index (κ3) is 3.97. The van der Waals surface area contributed by atoms with E-state index in [0.29, 0.717) is 13.1 Å². The fourth-order valence-electron chi connectivity index (χ4n) is 1.53. The van der Waals surface area contributed by atoms with Crippen molar-refractivity contribution in [3.8, 4) is 12.3 Å². The van der Waals surface area contributed by atoms with Crippen LogP contribution in [0.15, 0.2) is 0 Å². The van der Waals surface area contributed by atoms with Crippen LogP contribution in [0.5, 0.6) is 0 Å². The summed E-state index contributed by atoms with van der Waals surface area (Å²) >= 11 is 0. The Balaban J connectivity index is 2.55. The molecule has 1 heterocycles. The molecule has 7 nitrogen and oxygen atoms in total. The van der Waals surface area contributed by atoms with Gasteiger partial charge in [0.15, 0.2) is 0 Å². The van der Waals surface area contributed by atoms with E-state index >= 15 is 0 Å². The number of carboxylic acids is 1. The van der Waals surface area contributed by atoms with Gasteiger partial charge in [0.2, 0.25) is 5.91 Å². The second-order valence-electron chi connectivity index (χ2n) is 3.84. The van der Waals surface area contributed by atoms with Gasteiger partial charge in [-0.25, -0.2) is 9.59 Å². The van der Waals surface area contributed by atoms with Crippen molar-refractivity contribution in [2.24, 2.45) is 0 Å². The number of nitrogens with zero attached hydrogens (tertiary/aromatic N) is 1. The summed E-state index contributed by atoms with van der Waals surface area (Å²) < 4.78 is 0. The van der Waals surface area contributed by atoms with E-state index in [0.717, 1.165) is 0 Å². The zero-order chi connectivity index (χ0) is 13.5. The molecule has 0 aromatic heterocycles. The van der Waals surface area contributed by atoms with Crippen molar-refractivity contribution < 1.29 is 19.5 Å². The van der Waals surface area contributed by atoms with E-state index in [4.69, 9.17) is 11.5 Å². The Morgan fingerprint density at radius 3 is 2.89 bits per heavy atom.